The molecule has 0 aliphatic heterocycles. The second-order valence-corrected chi connectivity index (χ2v) is 6.76. The van der Waals surface area contributed by atoms with Gasteiger partial charge in [-0.2, -0.15) is 0 Å². The van der Waals surface area contributed by atoms with Gasteiger partial charge in [0.15, 0.2) is 5.13 Å². The average molecular weight is 341 g/mol. The van der Waals surface area contributed by atoms with E-state index in [4.69, 9.17) is 0 Å². The molecule has 23 heavy (non-hydrogen) atoms. The summed E-state index contributed by atoms with van der Waals surface area (Å²) < 4.78 is 0. The molecule has 0 aliphatic carbocycles. The first kappa shape index (κ1) is 15.7. The van der Waals surface area contributed by atoms with Crippen molar-refractivity contribution in [2.45, 2.75) is 11.9 Å². The summed E-state index contributed by atoms with van der Waals surface area (Å²) in [7, 11) is 0. The first-order valence-corrected chi connectivity index (χ1v) is 8.93. The van der Waals surface area contributed by atoms with Crippen LogP contribution in [-0.2, 0) is 4.79 Å². The van der Waals surface area contributed by atoms with Gasteiger partial charge in [0.25, 0.3) is 0 Å². The molecule has 0 spiro atoms. The summed E-state index contributed by atoms with van der Waals surface area (Å²) in [6.45, 7) is 2.05. The monoisotopic (exact) mass is 341 g/mol. The second-order valence-electron chi connectivity index (χ2n) is 4.91. The Morgan fingerprint density at radius 3 is 2.78 bits per heavy atom. The van der Waals surface area contributed by atoms with Crippen LogP contribution < -0.4 is 5.32 Å². The van der Waals surface area contributed by atoms with Gasteiger partial charge in [-0.15, -0.1) is 11.3 Å². The van der Waals surface area contributed by atoms with Gasteiger partial charge in [-0.05, 0) is 19.1 Å². The maximum Gasteiger partial charge on any atom is 0.236 e. The van der Waals surface area contributed by atoms with E-state index in [1.54, 1.807) is 6.20 Å². The third-order valence-electron chi connectivity index (χ3n) is 3.09. The van der Waals surface area contributed by atoms with E-state index < -0.39 is 0 Å². The molecule has 0 unspecified atom stereocenters. The maximum absolute atomic E-state index is 12.0. The molecule has 3 rings (SSSR count). The number of anilines is 1. The van der Waals surface area contributed by atoms with E-state index in [0.717, 1.165) is 16.3 Å². The van der Waals surface area contributed by atoms with Crippen LogP contribution in [0.5, 0.6) is 0 Å². The summed E-state index contributed by atoms with van der Waals surface area (Å²) in [5, 5.41) is 6.24. The number of aromatic nitrogens is 2. The molecule has 0 radical (unpaired) electrons. The van der Waals surface area contributed by atoms with Gasteiger partial charge in [0, 0.05) is 17.1 Å². The van der Waals surface area contributed by atoms with E-state index in [-0.39, 0.29) is 5.91 Å². The molecule has 0 aliphatic rings. The maximum atomic E-state index is 12.0. The molecule has 1 N–H and O–H groups in total. The zero-order valence-electron chi connectivity index (χ0n) is 12.5. The molecule has 0 saturated carbocycles. The molecular weight excluding hydrogens is 326 g/mol. The van der Waals surface area contributed by atoms with Gasteiger partial charge in [0.1, 0.15) is 0 Å². The van der Waals surface area contributed by atoms with Crippen molar-refractivity contribution < 1.29 is 4.79 Å². The molecule has 1 amide bonds. The van der Waals surface area contributed by atoms with Crippen molar-refractivity contribution in [3.63, 3.8) is 0 Å². The van der Waals surface area contributed by atoms with Crippen molar-refractivity contribution in [2.75, 3.05) is 11.1 Å². The Hall–Kier alpha value is -2.18. The number of rotatable bonds is 5. The minimum Gasteiger partial charge on any atom is -0.301 e. The van der Waals surface area contributed by atoms with Gasteiger partial charge in [0.2, 0.25) is 5.91 Å². The molecule has 0 saturated heterocycles. The summed E-state index contributed by atoms with van der Waals surface area (Å²) in [5.41, 5.74) is 3.14. The number of pyridine rings is 1. The fraction of sp³-hybridized carbons (Fsp3) is 0.118. The number of thiazole rings is 1. The Kier molecular flexibility index (Phi) is 5.05. The number of nitrogens with one attached hydrogen (secondary N) is 1. The summed E-state index contributed by atoms with van der Waals surface area (Å²) in [4.78, 5) is 20.6. The van der Waals surface area contributed by atoms with Crippen molar-refractivity contribution in [2.24, 2.45) is 0 Å². The van der Waals surface area contributed by atoms with E-state index in [0.29, 0.717) is 10.9 Å². The predicted molar refractivity (Wildman–Crippen MR) is 95.9 cm³/mol. The molecule has 1 aromatic carbocycles. The Labute approximate surface area is 143 Å². The lowest BCUT2D eigenvalue weighted by atomic mass is 10.1. The number of hydrogen-bond acceptors (Lipinski definition) is 5. The highest BCUT2D eigenvalue weighted by Gasteiger charge is 2.09. The zero-order valence-corrected chi connectivity index (χ0v) is 14.2. The highest BCUT2D eigenvalue weighted by Crippen LogP contribution is 2.25. The molecule has 3 aromatic rings. The first-order valence-electron chi connectivity index (χ1n) is 7.07. The molecular formula is C17H15N3OS2. The van der Waals surface area contributed by atoms with Gasteiger partial charge >= 0.3 is 0 Å². The smallest absolute Gasteiger partial charge is 0.236 e. The van der Waals surface area contributed by atoms with Gasteiger partial charge in [-0.25, -0.2) is 9.97 Å². The molecule has 0 bridgehead atoms. The van der Waals surface area contributed by atoms with Crippen LogP contribution in [0.25, 0.3) is 11.3 Å². The Morgan fingerprint density at radius 1 is 1.22 bits per heavy atom. The van der Waals surface area contributed by atoms with Crippen LogP contribution in [0.15, 0.2) is 59.1 Å². The first-order chi connectivity index (χ1) is 11.2. The lowest BCUT2D eigenvalue weighted by Crippen LogP contribution is -2.13. The number of carbonyl (C=O) groups is 1. The topological polar surface area (TPSA) is 54.9 Å². The second kappa shape index (κ2) is 7.39. The van der Waals surface area contributed by atoms with Crippen LogP contribution in [0, 0.1) is 6.92 Å². The van der Waals surface area contributed by atoms with Crippen LogP contribution >= 0.6 is 23.1 Å². The summed E-state index contributed by atoms with van der Waals surface area (Å²) in [5.74, 6) is 0.238. The van der Waals surface area contributed by atoms with E-state index in [1.807, 2.05) is 35.7 Å². The molecule has 0 atom stereocenters. The van der Waals surface area contributed by atoms with E-state index in [9.17, 15) is 4.79 Å². The van der Waals surface area contributed by atoms with E-state index >= 15 is 0 Å². The summed E-state index contributed by atoms with van der Waals surface area (Å²) >= 11 is 2.84. The Bertz CT molecular complexity index is 785. The molecule has 4 nitrogen and oxygen atoms in total. The molecule has 2 aromatic heterocycles. The number of hydrogen-bond donors (Lipinski definition) is 1. The van der Waals surface area contributed by atoms with Crippen molar-refractivity contribution in [3.8, 4) is 11.3 Å². The molecule has 6 heteroatoms. The number of carbonyl (C=O) groups excluding carboxylic acids is 1. The van der Waals surface area contributed by atoms with Crippen LogP contribution in [0.2, 0.25) is 0 Å². The number of thioether (sulfide) groups is 1. The van der Waals surface area contributed by atoms with Crippen LogP contribution in [-0.4, -0.2) is 21.6 Å². The van der Waals surface area contributed by atoms with Crippen molar-refractivity contribution in [1.82, 2.24) is 9.97 Å². The lowest BCUT2D eigenvalue weighted by molar-refractivity contribution is -0.113. The van der Waals surface area contributed by atoms with Gasteiger partial charge in [-0.3, -0.25) is 4.79 Å². The van der Waals surface area contributed by atoms with Gasteiger partial charge in [0.05, 0.1) is 16.5 Å². The normalized spacial score (nSPS) is 10.5. The van der Waals surface area contributed by atoms with Crippen LogP contribution in [0.3, 0.4) is 0 Å². The van der Waals surface area contributed by atoms with Crippen molar-refractivity contribution in [3.05, 3.63) is 59.6 Å². The standard InChI is InChI=1S/C17H15N3OS2/c1-12-5-7-13(8-6-12)14-10-23-17(19-14)20-15(21)11-22-16-4-2-3-9-18-16/h2-10H,11H2,1H3,(H,19,20,21). The van der Waals surface area contributed by atoms with E-state index in [2.05, 4.69) is 34.3 Å². The minimum absolute atomic E-state index is 0.0783. The highest BCUT2D eigenvalue weighted by atomic mass is 32.2. The lowest BCUT2D eigenvalue weighted by Gasteiger charge is -2.01. The van der Waals surface area contributed by atoms with E-state index in [1.165, 1.54) is 28.7 Å². The Balaban J connectivity index is 1.58. The number of amides is 1. The zero-order chi connectivity index (χ0) is 16.1. The summed E-state index contributed by atoms with van der Waals surface area (Å²) in [6, 6.07) is 13.8. The predicted octanol–water partition coefficient (Wildman–Crippen LogP) is 4.24. The van der Waals surface area contributed by atoms with Crippen LogP contribution in [0.1, 0.15) is 5.56 Å². The third-order valence-corrected chi connectivity index (χ3v) is 4.79. The number of aryl methyl sites for hydroxylation is 1. The SMILES string of the molecule is Cc1ccc(-c2csc(NC(=O)CSc3ccccn3)n2)cc1. The van der Waals surface area contributed by atoms with Crippen LogP contribution in [0.4, 0.5) is 5.13 Å². The van der Waals surface area contributed by atoms with Gasteiger partial charge < -0.3 is 5.32 Å². The van der Waals surface area contributed by atoms with Gasteiger partial charge in [-0.1, -0.05) is 47.7 Å². The molecule has 116 valence electrons. The number of benzene rings is 1. The fourth-order valence-electron chi connectivity index (χ4n) is 1.92. The average Bonchev–Trinajstić information content (AvgIpc) is 3.03. The number of nitrogens with zero attached hydrogens (tertiary/aromatic N) is 2. The molecule has 2 heterocycles. The largest absolute Gasteiger partial charge is 0.301 e. The third kappa shape index (κ3) is 4.40. The van der Waals surface area contributed by atoms with Crippen molar-refractivity contribution in [1.29, 1.82) is 0 Å². The highest BCUT2D eigenvalue weighted by molar-refractivity contribution is 7.99. The fourth-order valence-corrected chi connectivity index (χ4v) is 3.31. The minimum atomic E-state index is -0.0783. The summed E-state index contributed by atoms with van der Waals surface area (Å²) in [6.07, 6.45) is 1.72. The molecule has 0 fully saturated rings. The van der Waals surface area contributed by atoms with Crippen molar-refractivity contribution >= 4 is 34.1 Å². The Morgan fingerprint density at radius 2 is 2.04 bits per heavy atom. The quantitative estimate of drug-likeness (QED) is 0.705.